The van der Waals surface area contributed by atoms with Crippen LogP contribution in [0.15, 0.2) is 63.0 Å². The van der Waals surface area contributed by atoms with Gasteiger partial charge in [-0.3, -0.25) is 9.59 Å². The highest BCUT2D eigenvalue weighted by Crippen LogP contribution is 2.22. The van der Waals surface area contributed by atoms with E-state index < -0.39 is 0 Å². The quantitative estimate of drug-likeness (QED) is 0.394. The Morgan fingerprint density at radius 1 is 1.24 bits per heavy atom. The van der Waals surface area contributed by atoms with Crippen LogP contribution in [0.4, 0.5) is 5.69 Å². The number of aromatic amines is 1. The van der Waals surface area contributed by atoms with E-state index in [1.807, 2.05) is 49.4 Å². The van der Waals surface area contributed by atoms with Crippen LogP contribution in [0.2, 0.25) is 0 Å². The Kier molecular flexibility index (Phi) is 7.11. The first-order valence-corrected chi connectivity index (χ1v) is 10.6. The highest BCUT2D eigenvalue weighted by molar-refractivity contribution is 9.10. The van der Waals surface area contributed by atoms with Crippen molar-refractivity contribution in [2.75, 3.05) is 12.4 Å². The van der Waals surface area contributed by atoms with Crippen LogP contribution in [-0.2, 0) is 17.0 Å². The average Bonchev–Trinajstić information content (AvgIpc) is 2.69. The van der Waals surface area contributed by atoms with E-state index in [0.29, 0.717) is 22.3 Å². The third kappa shape index (κ3) is 6.20. The molecule has 2 N–H and O–H groups in total. The van der Waals surface area contributed by atoms with E-state index in [2.05, 4.69) is 31.2 Å². The second-order valence-electron chi connectivity index (χ2n) is 6.37. The van der Waals surface area contributed by atoms with Gasteiger partial charge in [-0.15, -0.1) is 0 Å². The van der Waals surface area contributed by atoms with Crippen molar-refractivity contribution in [1.82, 2.24) is 9.97 Å². The number of carbonyl (C=O) groups excluding carboxylic acids is 1. The van der Waals surface area contributed by atoms with E-state index in [9.17, 15) is 9.59 Å². The van der Waals surface area contributed by atoms with Crippen LogP contribution in [0.1, 0.15) is 16.8 Å². The van der Waals surface area contributed by atoms with Gasteiger partial charge in [-0.25, -0.2) is 4.98 Å². The zero-order valence-electron chi connectivity index (χ0n) is 16.0. The highest BCUT2D eigenvalue weighted by Gasteiger charge is 2.09. The van der Waals surface area contributed by atoms with E-state index in [1.165, 1.54) is 17.8 Å². The third-order valence-corrected chi connectivity index (χ3v) is 5.90. The molecule has 0 radical (unpaired) electrons. The maximum atomic E-state index is 12.4. The van der Waals surface area contributed by atoms with Crippen LogP contribution in [0, 0.1) is 6.92 Å². The Hall–Kier alpha value is -2.58. The molecule has 1 heterocycles. The van der Waals surface area contributed by atoms with Crippen molar-refractivity contribution in [3.63, 3.8) is 0 Å². The van der Waals surface area contributed by atoms with E-state index >= 15 is 0 Å². The standard InChI is InChI=1S/C21H20BrN3O3S/c1-13-8-15(6-7-18(13)22)23-19(26)10-16-11-20(27)25-21(24-16)29-12-14-4-3-5-17(9-14)28-2/h3-9,11H,10,12H2,1-2H3,(H,23,26)(H,24,25,27). The molecule has 0 aliphatic carbocycles. The molecule has 0 bridgehead atoms. The monoisotopic (exact) mass is 473 g/mol. The Morgan fingerprint density at radius 2 is 2.07 bits per heavy atom. The normalized spacial score (nSPS) is 10.6. The number of methoxy groups -OCH3 is 1. The number of hydrogen-bond donors (Lipinski definition) is 2. The van der Waals surface area contributed by atoms with Crippen LogP contribution in [-0.4, -0.2) is 23.0 Å². The molecule has 0 fully saturated rings. The number of nitrogens with zero attached hydrogens (tertiary/aromatic N) is 1. The molecule has 0 saturated heterocycles. The number of H-pyrrole nitrogens is 1. The summed E-state index contributed by atoms with van der Waals surface area (Å²) in [6, 6.07) is 14.6. The molecule has 0 spiro atoms. The number of carbonyl (C=O) groups is 1. The van der Waals surface area contributed by atoms with Crippen molar-refractivity contribution >= 4 is 39.3 Å². The Morgan fingerprint density at radius 3 is 2.83 bits per heavy atom. The number of halogens is 1. The molecule has 0 saturated carbocycles. The Bertz CT molecular complexity index is 1080. The molecule has 29 heavy (non-hydrogen) atoms. The van der Waals surface area contributed by atoms with Gasteiger partial charge < -0.3 is 15.0 Å². The zero-order chi connectivity index (χ0) is 20.8. The number of rotatable bonds is 7. The number of amides is 1. The maximum Gasteiger partial charge on any atom is 0.251 e. The second-order valence-corrected chi connectivity index (χ2v) is 8.19. The first kappa shape index (κ1) is 21.1. The van der Waals surface area contributed by atoms with E-state index in [4.69, 9.17) is 4.74 Å². The van der Waals surface area contributed by atoms with Gasteiger partial charge in [0.2, 0.25) is 5.91 Å². The van der Waals surface area contributed by atoms with Crippen molar-refractivity contribution in [2.45, 2.75) is 24.3 Å². The van der Waals surface area contributed by atoms with Gasteiger partial charge in [-0.1, -0.05) is 39.8 Å². The lowest BCUT2D eigenvalue weighted by Gasteiger charge is -2.08. The van der Waals surface area contributed by atoms with Gasteiger partial charge in [0.1, 0.15) is 5.75 Å². The summed E-state index contributed by atoms with van der Waals surface area (Å²) >= 11 is 4.83. The predicted octanol–water partition coefficient (Wildman–Crippen LogP) is 4.32. The van der Waals surface area contributed by atoms with Crippen molar-refractivity contribution in [3.05, 3.63) is 80.2 Å². The summed E-state index contributed by atoms with van der Waals surface area (Å²) in [5, 5.41) is 3.31. The number of ether oxygens (including phenoxy) is 1. The molecule has 0 unspecified atom stereocenters. The van der Waals surface area contributed by atoms with Gasteiger partial charge in [0, 0.05) is 22.0 Å². The number of aryl methyl sites for hydroxylation is 1. The molecule has 0 aliphatic rings. The van der Waals surface area contributed by atoms with Crippen LogP contribution < -0.4 is 15.6 Å². The van der Waals surface area contributed by atoms with Gasteiger partial charge >= 0.3 is 0 Å². The smallest absolute Gasteiger partial charge is 0.251 e. The number of anilines is 1. The molecule has 0 aliphatic heterocycles. The van der Waals surface area contributed by atoms with Gasteiger partial charge in [0.15, 0.2) is 5.16 Å². The average molecular weight is 474 g/mol. The highest BCUT2D eigenvalue weighted by atomic mass is 79.9. The fourth-order valence-corrected chi connectivity index (χ4v) is 3.73. The molecule has 3 rings (SSSR count). The lowest BCUT2D eigenvalue weighted by atomic mass is 10.2. The number of thioether (sulfide) groups is 1. The van der Waals surface area contributed by atoms with Gasteiger partial charge in [-0.05, 0) is 48.4 Å². The van der Waals surface area contributed by atoms with Gasteiger partial charge in [0.25, 0.3) is 5.56 Å². The molecule has 8 heteroatoms. The van der Waals surface area contributed by atoms with E-state index in [1.54, 1.807) is 7.11 Å². The lowest BCUT2D eigenvalue weighted by molar-refractivity contribution is -0.115. The number of benzene rings is 2. The maximum absolute atomic E-state index is 12.4. The Labute approximate surface area is 181 Å². The minimum Gasteiger partial charge on any atom is -0.497 e. The number of hydrogen-bond acceptors (Lipinski definition) is 5. The Balaban J connectivity index is 1.65. The number of aromatic nitrogens is 2. The predicted molar refractivity (Wildman–Crippen MR) is 119 cm³/mol. The minimum atomic E-state index is -0.282. The summed E-state index contributed by atoms with van der Waals surface area (Å²) in [6.07, 6.45) is 0.0196. The zero-order valence-corrected chi connectivity index (χ0v) is 18.4. The fourth-order valence-electron chi connectivity index (χ4n) is 2.65. The number of nitrogens with one attached hydrogen (secondary N) is 2. The third-order valence-electron chi connectivity index (χ3n) is 4.07. The SMILES string of the molecule is COc1cccc(CSc2nc(CC(=O)Nc3ccc(Br)c(C)c3)cc(=O)[nH]2)c1. The summed E-state index contributed by atoms with van der Waals surface area (Å²) in [5.74, 6) is 1.17. The summed E-state index contributed by atoms with van der Waals surface area (Å²) in [5.41, 5.74) is 2.91. The summed E-state index contributed by atoms with van der Waals surface area (Å²) in [6.45, 7) is 1.95. The van der Waals surface area contributed by atoms with Crippen molar-refractivity contribution in [1.29, 1.82) is 0 Å². The first-order valence-electron chi connectivity index (χ1n) is 8.85. The minimum absolute atomic E-state index is 0.0196. The second kappa shape index (κ2) is 9.76. The molecule has 3 aromatic rings. The molecule has 0 atom stereocenters. The van der Waals surface area contributed by atoms with Gasteiger partial charge in [-0.2, -0.15) is 0 Å². The van der Waals surface area contributed by atoms with E-state index in [0.717, 1.165) is 21.3 Å². The lowest BCUT2D eigenvalue weighted by Crippen LogP contribution is -2.18. The van der Waals surface area contributed by atoms with Crippen molar-refractivity contribution < 1.29 is 9.53 Å². The summed E-state index contributed by atoms with van der Waals surface area (Å²) in [7, 11) is 1.62. The van der Waals surface area contributed by atoms with Crippen LogP contribution in [0.3, 0.4) is 0 Å². The molecule has 2 aromatic carbocycles. The van der Waals surface area contributed by atoms with Crippen LogP contribution >= 0.6 is 27.7 Å². The molecule has 1 aromatic heterocycles. The molecular formula is C21H20BrN3O3S. The van der Waals surface area contributed by atoms with E-state index in [-0.39, 0.29) is 17.9 Å². The molecule has 6 nitrogen and oxygen atoms in total. The van der Waals surface area contributed by atoms with Crippen molar-refractivity contribution in [2.24, 2.45) is 0 Å². The van der Waals surface area contributed by atoms with Crippen LogP contribution in [0.25, 0.3) is 0 Å². The van der Waals surface area contributed by atoms with Crippen LogP contribution in [0.5, 0.6) is 5.75 Å². The summed E-state index contributed by atoms with van der Waals surface area (Å²) in [4.78, 5) is 31.5. The topological polar surface area (TPSA) is 84.1 Å². The molecular weight excluding hydrogens is 454 g/mol. The van der Waals surface area contributed by atoms with Crippen molar-refractivity contribution in [3.8, 4) is 5.75 Å². The fraction of sp³-hybridized carbons (Fsp3) is 0.190. The first-order chi connectivity index (χ1) is 13.9. The molecule has 150 valence electrons. The molecule has 1 amide bonds. The summed E-state index contributed by atoms with van der Waals surface area (Å²) < 4.78 is 6.20. The van der Waals surface area contributed by atoms with Gasteiger partial charge in [0.05, 0.1) is 19.2 Å². The largest absolute Gasteiger partial charge is 0.497 e.